The van der Waals surface area contributed by atoms with Gasteiger partial charge in [0, 0.05) is 12.6 Å². The number of pyridine rings is 1. The first-order valence-corrected chi connectivity index (χ1v) is 6.57. The van der Waals surface area contributed by atoms with E-state index in [-0.39, 0.29) is 23.5 Å². The minimum Gasteiger partial charge on any atom is -0.508 e. The van der Waals surface area contributed by atoms with Crippen molar-refractivity contribution in [3.8, 4) is 5.75 Å². The van der Waals surface area contributed by atoms with Crippen LogP contribution >= 0.6 is 0 Å². The lowest BCUT2D eigenvalue weighted by Gasteiger charge is -2.10. The number of hydrogen-bond donors (Lipinski definition) is 2. The molecule has 3 rings (SSSR count). The summed E-state index contributed by atoms with van der Waals surface area (Å²) in [6.07, 6.45) is 1.91. The molecule has 0 atom stereocenters. The predicted molar refractivity (Wildman–Crippen MR) is 78.3 cm³/mol. The van der Waals surface area contributed by atoms with Crippen molar-refractivity contribution >= 4 is 5.65 Å². The van der Waals surface area contributed by atoms with Crippen LogP contribution in [0.4, 0.5) is 0 Å². The highest BCUT2D eigenvalue weighted by molar-refractivity contribution is 5.43. The lowest BCUT2D eigenvalue weighted by molar-refractivity contribution is 0.278. The molecule has 0 fully saturated rings. The molecule has 5 heteroatoms. The van der Waals surface area contributed by atoms with Gasteiger partial charge in [0.2, 0.25) is 0 Å². The molecule has 5 nitrogen and oxygen atoms in total. The minimum atomic E-state index is -0.382. The fourth-order valence-corrected chi connectivity index (χ4v) is 2.32. The van der Waals surface area contributed by atoms with Crippen LogP contribution in [-0.4, -0.2) is 19.6 Å². The molecule has 1 aromatic carbocycles. The summed E-state index contributed by atoms with van der Waals surface area (Å²) in [6, 6.07) is 12.2. The van der Waals surface area contributed by atoms with E-state index >= 15 is 0 Å². The van der Waals surface area contributed by atoms with Gasteiger partial charge in [-0.05, 0) is 23.8 Å². The number of phenolic OH excluding ortho intramolecular Hbond substituents is 1. The van der Waals surface area contributed by atoms with E-state index in [2.05, 4.69) is 4.98 Å². The van der Waals surface area contributed by atoms with Crippen LogP contribution < -0.4 is 5.56 Å². The Morgan fingerprint density at radius 1 is 1.10 bits per heavy atom. The molecular weight excluding hydrogens is 268 g/mol. The zero-order chi connectivity index (χ0) is 14.8. The van der Waals surface area contributed by atoms with Crippen molar-refractivity contribution in [2.75, 3.05) is 0 Å². The normalized spacial score (nSPS) is 10.9. The SMILES string of the molecule is O=c1c(CO)c(Cc2ccccc2O)nc2ccccn12. The van der Waals surface area contributed by atoms with Gasteiger partial charge in [0.1, 0.15) is 11.4 Å². The Bertz CT molecular complexity index is 856. The van der Waals surface area contributed by atoms with Crippen LogP contribution in [0.5, 0.6) is 5.75 Å². The topological polar surface area (TPSA) is 74.8 Å². The number of phenols is 1. The van der Waals surface area contributed by atoms with Gasteiger partial charge in [-0.3, -0.25) is 9.20 Å². The smallest absolute Gasteiger partial charge is 0.263 e. The number of aromatic hydroxyl groups is 1. The summed E-state index contributed by atoms with van der Waals surface area (Å²) in [6.45, 7) is -0.382. The molecule has 2 heterocycles. The van der Waals surface area contributed by atoms with Crippen LogP contribution in [0.15, 0.2) is 53.5 Å². The monoisotopic (exact) mass is 282 g/mol. The second-order valence-corrected chi connectivity index (χ2v) is 4.73. The highest BCUT2D eigenvalue weighted by atomic mass is 16.3. The van der Waals surface area contributed by atoms with Gasteiger partial charge in [-0.15, -0.1) is 0 Å². The van der Waals surface area contributed by atoms with Gasteiger partial charge < -0.3 is 10.2 Å². The molecule has 2 N–H and O–H groups in total. The van der Waals surface area contributed by atoms with E-state index < -0.39 is 0 Å². The minimum absolute atomic E-state index is 0.149. The molecular formula is C16H14N2O3. The van der Waals surface area contributed by atoms with Gasteiger partial charge in [-0.1, -0.05) is 24.3 Å². The Morgan fingerprint density at radius 3 is 2.62 bits per heavy atom. The maximum atomic E-state index is 12.4. The molecule has 0 bridgehead atoms. The second-order valence-electron chi connectivity index (χ2n) is 4.73. The third-order valence-electron chi connectivity index (χ3n) is 3.42. The van der Waals surface area contributed by atoms with Gasteiger partial charge in [0.25, 0.3) is 5.56 Å². The van der Waals surface area contributed by atoms with Crippen molar-refractivity contribution in [2.24, 2.45) is 0 Å². The summed E-state index contributed by atoms with van der Waals surface area (Å²) in [5.74, 6) is 0.149. The number of nitrogens with zero attached hydrogens (tertiary/aromatic N) is 2. The Labute approximate surface area is 120 Å². The van der Waals surface area contributed by atoms with Gasteiger partial charge in [-0.2, -0.15) is 0 Å². The zero-order valence-corrected chi connectivity index (χ0v) is 11.2. The number of aromatic nitrogens is 2. The molecule has 0 aliphatic carbocycles. The van der Waals surface area contributed by atoms with Gasteiger partial charge in [0.15, 0.2) is 0 Å². The molecule has 0 aliphatic heterocycles. The van der Waals surface area contributed by atoms with Crippen molar-refractivity contribution in [3.05, 3.63) is 75.8 Å². The molecule has 0 saturated carbocycles. The molecule has 106 valence electrons. The van der Waals surface area contributed by atoms with E-state index in [1.165, 1.54) is 4.40 Å². The average Bonchev–Trinajstić information content (AvgIpc) is 2.50. The van der Waals surface area contributed by atoms with Gasteiger partial charge in [0.05, 0.1) is 17.9 Å². The molecule has 0 saturated heterocycles. The van der Waals surface area contributed by atoms with E-state index in [9.17, 15) is 15.0 Å². The molecule has 0 radical (unpaired) electrons. The Morgan fingerprint density at radius 2 is 1.86 bits per heavy atom. The summed E-state index contributed by atoms with van der Waals surface area (Å²) >= 11 is 0. The molecule has 3 aromatic rings. The standard InChI is InChI=1S/C16H14N2O3/c19-10-12-13(9-11-5-1-2-6-14(11)20)17-15-7-3-4-8-18(15)16(12)21/h1-8,19-20H,9-10H2. The summed E-state index contributed by atoms with van der Waals surface area (Å²) in [4.78, 5) is 16.8. The van der Waals surface area contributed by atoms with Crippen LogP contribution in [0.3, 0.4) is 0 Å². The molecule has 0 amide bonds. The highest BCUT2D eigenvalue weighted by Crippen LogP contribution is 2.20. The maximum absolute atomic E-state index is 12.4. The van der Waals surface area contributed by atoms with Crippen molar-refractivity contribution < 1.29 is 10.2 Å². The van der Waals surface area contributed by atoms with E-state index in [0.29, 0.717) is 23.3 Å². The molecule has 0 spiro atoms. The average molecular weight is 282 g/mol. The third-order valence-corrected chi connectivity index (χ3v) is 3.42. The first-order chi connectivity index (χ1) is 10.2. The fourth-order valence-electron chi connectivity index (χ4n) is 2.32. The van der Waals surface area contributed by atoms with E-state index in [1.807, 2.05) is 6.07 Å². The number of fused-ring (bicyclic) bond motifs is 1. The number of hydrogen-bond acceptors (Lipinski definition) is 4. The molecule has 2 aromatic heterocycles. The predicted octanol–water partition coefficient (Wildman–Crippen LogP) is 1.48. The number of aliphatic hydroxyl groups excluding tert-OH is 1. The van der Waals surface area contributed by atoms with E-state index in [4.69, 9.17) is 0 Å². The molecule has 0 unspecified atom stereocenters. The lowest BCUT2D eigenvalue weighted by Crippen LogP contribution is -2.22. The third kappa shape index (κ3) is 2.39. The summed E-state index contributed by atoms with van der Waals surface area (Å²) in [7, 11) is 0. The van der Waals surface area contributed by atoms with Crippen LogP contribution in [0, 0.1) is 0 Å². The molecule has 21 heavy (non-hydrogen) atoms. The van der Waals surface area contributed by atoms with Gasteiger partial charge in [-0.25, -0.2) is 4.98 Å². The Hall–Kier alpha value is -2.66. The quantitative estimate of drug-likeness (QED) is 0.763. The van der Waals surface area contributed by atoms with E-state index in [0.717, 1.165) is 0 Å². The second kappa shape index (κ2) is 5.38. The van der Waals surface area contributed by atoms with Crippen LogP contribution in [0.1, 0.15) is 16.8 Å². The zero-order valence-electron chi connectivity index (χ0n) is 11.2. The highest BCUT2D eigenvalue weighted by Gasteiger charge is 2.13. The van der Waals surface area contributed by atoms with Crippen molar-refractivity contribution in [1.82, 2.24) is 9.38 Å². The number of aliphatic hydroxyl groups is 1. The first-order valence-electron chi connectivity index (χ1n) is 6.57. The van der Waals surface area contributed by atoms with Crippen molar-refractivity contribution in [2.45, 2.75) is 13.0 Å². The Kier molecular flexibility index (Phi) is 3.41. The van der Waals surface area contributed by atoms with Crippen LogP contribution in [-0.2, 0) is 13.0 Å². The largest absolute Gasteiger partial charge is 0.508 e. The summed E-state index contributed by atoms with van der Waals surface area (Å²) < 4.78 is 1.40. The van der Waals surface area contributed by atoms with Gasteiger partial charge >= 0.3 is 0 Å². The van der Waals surface area contributed by atoms with E-state index in [1.54, 1.807) is 42.6 Å². The number of benzene rings is 1. The summed E-state index contributed by atoms with van der Waals surface area (Å²) in [5, 5.41) is 19.3. The fraction of sp³-hybridized carbons (Fsp3) is 0.125. The van der Waals surface area contributed by atoms with Crippen molar-refractivity contribution in [3.63, 3.8) is 0 Å². The number of rotatable bonds is 3. The number of para-hydroxylation sites is 1. The first kappa shape index (κ1) is 13.3. The van der Waals surface area contributed by atoms with Crippen LogP contribution in [0.2, 0.25) is 0 Å². The summed E-state index contributed by atoms with van der Waals surface area (Å²) in [5.41, 5.74) is 1.63. The molecule has 0 aliphatic rings. The Balaban J connectivity index is 2.18. The van der Waals surface area contributed by atoms with Crippen molar-refractivity contribution in [1.29, 1.82) is 0 Å². The maximum Gasteiger partial charge on any atom is 0.263 e. The lowest BCUT2D eigenvalue weighted by atomic mass is 10.1. The van der Waals surface area contributed by atoms with Crippen LogP contribution in [0.25, 0.3) is 5.65 Å².